The van der Waals surface area contributed by atoms with Crippen LogP contribution < -0.4 is 5.73 Å². The molecular weight excluding hydrogens is 409 g/mol. The van der Waals surface area contributed by atoms with Gasteiger partial charge in [-0.05, 0) is 18.1 Å². The molecule has 3 N–H and O–H groups in total. The Morgan fingerprint density at radius 1 is 1.23 bits per heavy atom. The highest BCUT2D eigenvalue weighted by atomic mass is 19.4. The van der Waals surface area contributed by atoms with Gasteiger partial charge in [0.15, 0.2) is 0 Å². The summed E-state index contributed by atoms with van der Waals surface area (Å²) in [6, 6.07) is 12.0. The molecule has 9 nitrogen and oxygen atoms in total. The van der Waals surface area contributed by atoms with Gasteiger partial charge in [-0.1, -0.05) is 35.5 Å². The number of alkyl halides is 3. The van der Waals surface area contributed by atoms with Crippen LogP contribution in [0.25, 0.3) is 22.8 Å². The van der Waals surface area contributed by atoms with Crippen molar-refractivity contribution in [3.05, 3.63) is 63.7 Å². The topological polar surface area (TPSA) is 145 Å². The van der Waals surface area contributed by atoms with Gasteiger partial charge in [0.05, 0.1) is 4.92 Å². The molecule has 0 atom stereocenters. The van der Waals surface area contributed by atoms with Gasteiger partial charge in [-0.15, -0.1) is 0 Å². The SMILES string of the molecule is Cc1ccc([N+](=O)[O-])cc1-c1nc(-c2ccc(CN)cc2)no1.O=C(O)C(F)(F)F. The number of aromatic nitrogens is 2. The molecule has 0 aliphatic rings. The number of hydrogen-bond acceptors (Lipinski definition) is 7. The number of aliphatic carboxylic acids is 1. The van der Waals surface area contributed by atoms with Crippen molar-refractivity contribution >= 4 is 11.7 Å². The van der Waals surface area contributed by atoms with Crippen LogP contribution in [-0.2, 0) is 11.3 Å². The zero-order valence-corrected chi connectivity index (χ0v) is 15.4. The molecule has 30 heavy (non-hydrogen) atoms. The molecule has 0 saturated heterocycles. The Hall–Kier alpha value is -3.80. The Labute approximate surface area is 167 Å². The number of nitrogens with zero attached hydrogens (tertiary/aromatic N) is 3. The molecule has 3 rings (SSSR count). The average Bonchev–Trinajstić information content (AvgIpc) is 3.18. The Morgan fingerprint density at radius 2 is 1.83 bits per heavy atom. The number of carboxylic acids is 1. The molecular formula is C18H15F3N4O5. The molecule has 0 amide bonds. The van der Waals surface area contributed by atoms with Crippen LogP contribution in [0.4, 0.5) is 18.9 Å². The van der Waals surface area contributed by atoms with Crippen molar-refractivity contribution < 1.29 is 32.5 Å². The number of nitro benzene ring substituents is 1. The van der Waals surface area contributed by atoms with Gasteiger partial charge in [0, 0.05) is 29.8 Å². The van der Waals surface area contributed by atoms with Gasteiger partial charge in [0.25, 0.3) is 11.6 Å². The lowest BCUT2D eigenvalue weighted by molar-refractivity contribution is -0.384. The summed E-state index contributed by atoms with van der Waals surface area (Å²) in [6.45, 7) is 2.30. The molecule has 1 heterocycles. The van der Waals surface area contributed by atoms with Gasteiger partial charge in [-0.25, -0.2) is 4.79 Å². The van der Waals surface area contributed by atoms with Crippen molar-refractivity contribution in [3.63, 3.8) is 0 Å². The first kappa shape index (κ1) is 22.5. The summed E-state index contributed by atoms with van der Waals surface area (Å²) >= 11 is 0. The van der Waals surface area contributed by atoms with Crippen LogP contribution in [0.5, 0.6) is 0 Å². The van der Waals surface area contributed by atoms with Crippen LogP contribution in [0.15, 0.2) is 47.0 Å². The maximum absolute atomic E-state index is 10.9. The molecule has 3 aromatic rings. The van der Waals surface area contributed by atoms with Crippen LogP contribution >= 0.6 is 0 Å². The molecule has 0 fully saturated rings. The van der Waals surface area contributed by atoms with Crippen molar-refractivity contribution in [1.29, 1.82) is 0 Å². The minimum absolute atomic E-state index is 0.0161. The molecule has 0 radical (unpaired) electrons. The molecule has 1 aromatic heterocycles. The van der Waals surface area contributed by atoms with Crippen LogP contribution in [0.3, 0.4) is 0 Å². The average molecular weight is 424 g/mol. The highest BCUT2D eigenvalue weighted by Crippen LogP contribution is 2.28. The van der Waals surface area contributed by atoms with E-state index in [9.17, 15) is 23.3 Å². The van der Waals surface area contributed by atoms with Gasteiger partial charge < -0.3 is 15.4 Å². The first-order chi connectivity index (χ1) is 14.0. The van der Waals surface area contributed by atoms with E-state index in [1.165, 1.54) is 12.1 Å². The molecule has 158 valence electrons. The zero-order chi connectivity index (χ0) is 22.5. The van der Waals surface area contributed by atoms with Crippen LogP contribution in [0, 0.1) is 17.0 Å². The third-order valence-electron chi connectivity index (χ3n) is 3.78. The number of non-ortho nitro benzene ring substituents is 1. The van der Waals surface area contributed by atoms with E-state index in [0.717, 1.165) is 16.7 Å². The van der Waals surface area contributed by atoms with E-state index in [1.807, 2.05) is 31.2 Å². The van der Waals surface area contributed by atoms with Gasteiger partial charge >= 0.3 is 12.1 Å². The van der Waals surface area contributed by atoms with Crippen LogP contribution in [0.2, 0.25) is 0 Å². The normalized spacial score (nSPS) is 10.8. The predicted molar refractivity (Wildman–Crippen MR) is 98.1 cm³/mol. The van der Waals surface area contributed by atoms with E-state index in [0.29, 0.717) is 17.9 Å². The number of aryl methyl sites for hydroxylation is 1. The summed E-state index contributed by atoms with van der Waals surface area (Å²) < 4.78 is 37.0. The maximum Gasteiger partial charge on any atom is 0.490 e. The Morgan fingerprint density at radius 3 is 2.33 bits per heavy atom. The molecule has 12 heteroatoms. The number of halogens is 3. The molecule has 0 spiro atoms. The van der Waals surface area contributed by atoms with Crippen molar-refractivity contribution in [2.75, 3.05) is 0 Å². The second-order valence-electron chi connectivity index (χ2n) is 5.88. The molecule has 0 bridgehead atoms. The van der Waals surface area contributed by atoms with Gasteiger partial charge in [-0.3, -0.25) is 10.1 Å². The Bertz CT molecular complexity index is 1050. The smallest absolute Gasteiger partial charge is 0.475 e. The molecule has 0 aliphatic heterocycles. The fraction of sp³-hybridized carbons (Fsp3) is 0.167. The number of carboxylic acid groups (broad SMARTS) is 1. The third-order valence-corrected chi connectivity index (χ3v) is 3.78. The summed E-state index contributed by atoms with van der Waals surface area (Å²) in [6.07, 6.45) is -5.08. The number of nitro groups is 1. The summed E-state index contributed by atoms with van der Waals surface area (Å²) in [4.78, 5) is 23.7. The van der Waals surface area contributed by atoms with Crippen LogP contribution in [0.1, 0.15) is 11.1 Å². The lowest BCUT2D eigenvalue weighted by Crippen LogP contribution is -2.21. The van der Waals surface area contributed by atoms with Crippen LogP contribution in [-0.4, -0.2) is 32.3 Å². The number of carbonyl (C=O) groups is 1. The lowest BCUT2D eigenvalue weighted by Gasteiger charge is -2.00. The Kier molecular flexibility index (Phi) is 6.85. The van der Waals surface area contributed by atoms with Gasteiger partial charge in [0.2, 0.25) is 5.82 Å². The van der Waals surface area contributed by atoms with Crippen molar-refractivity contribution in [2.45, 2.75) is 19.6 Å². The summed E-state index contributed by atoms with van der Waals surface area (Å²) in [5, 5.41) is 22.0. The van der Waals surface area contributed by atoms with Crippen molar-refractivity contribution in [1.82, 2.24) is 10.1 Å². The van der Waals surface area contributed by atoms with E-state index in [1.54, 1.807) is 6.07 Å². The zero-order valence-electron chi connectivity index (χ0n) is 15.4. The van der Waals surface area contributed by atoms with Crippen molar-refractivity contribution in [2.24, 2.45) is 5.73 Å². The van der Waals surface area contributed by atoms with E-state index in [4.69, 9.17) is 20.2 Å². The predicted octanol–water partition coefficient (Wildman–Crippen LogP) is 3.71. The minimum atomic E-state index is -5.08. The summed E-state index contributed by atoms with van der Waals surface area (Å²) in [7, 11) is 0. The molecule has 0 saturated carbocycles. The number of rotatable bonds is 4. The lowest BCUT2D eigenvalue weighted by atomic mass is 10.1. The van der Waals surface area contributed by atoms with E-state index < -0.39 is 17.1 Å². The van der Waals surface area contributed by atoms with Gasteiger partial charge in [0.1, 0.15) is 0 Å². The van der Waals surface area contributed by atoms with E-state index in [2.05, 4.69) is 10.1 Å². The monoisotopic (exact) mass is 424 g/mol. The third kappa shape index (κ3) is 5.61. The Balaban J connectivity index is 0.000000396. The first-order valence-electron chi connectivity index (χ1n) is 8.21. The number of benzene rings is 2. The second kappa shape index (κ2) is 9.13. The summed E-state index contributed by atoms with van der Waals surface area (Å²) in [5.74, 6) is -2.08. The number of nitrogens with two attached hydrogens (primary N) is 1. The molecule has 2 aromatic carbocycles. The fourth-order valence-corrected chi connectivity index (χ4v) is 2.19. The van der Waals surface area contributed by atoms with Crippen molar-refractivity contribution in [3.8, 4) is 22.8 Å². The number of hydrogen-bond donors (Lipinski definition) is 2. The second-order valence-corrected chi connectivity index (χ2v) is 5.88. The minimum Gasteiger partial charge on any atom is -0.475 e. The highest BCUT2D eigenvalue weighted by molar-refractivity contribution is 5.73. The molecule has 0 unspecified atom stereocenters. The largest absolute Gasteiger partial charge is 0.490 e. The molecule has 0 aliphatic carbocycles. The van der Waals surface area contributed by atoms with E-state index in [-0.39, 0.29) is 11.6 Å². The maximum atomic E-state index is 10.9. The fourth-order valence-electron chi connectivity index (χ4n) is 2.19. The quantitative estimate of drug-likeness (QED) is 0.476. The standard InChI is InChI=1S/C16H14N4O3.C2HF3O2/c1-10-2-7-13(20(21)22)8-14(10)16-18-15(19-23-16)12-5-3-11(9-17)4-6-12;3-2(4,5)1(6)7/h2-8H,9,17H2,1H3;(H,6,7). The highest BCUT2D eigenvalue weighted by Gasteiger charge is 2.38. The van der Waals surface area contributed by atoms with Gasteiger partial charge in [-0.2, -0.15) is 18.2 Å². The summed E-state index contributed by atoms with van der Waals surface area (Å²) in [5.41, 5.74) is 8.73. The first-order valence-corrected chi connectivity index (χ1v) is 8.21. The van der Waals surface area contributed by atoms with E-state index >= 15 is 0 Å².